The summed E-state index contributed by atoms with van der Waals surface area (Å²) in [6.07, 6.45) is 2.96. The van der Waals surface area contributed by atoms with Gasteiger partial charge in [-0.15, -0.1) is 0 Å². The predicted octanol–water partition coefficient (Wildman–Crippen LogP) is 6.01. The van der Waals surface area contributed by atoms with Crippen molar-refractivity contribution in [3.05, 3.63) is 0 Å². The number of hydrogen-bond donors (Lipinski definition) is 0. The van der Waals surface area contributed by atoms with Crippen LogP contribution in [0.2, 0.25) is 0 Å². The number of hydrogen-bond acceptors (Lipinski definition) is 3. The maximum atomic E-state index is 6.75. The molecule has 0 radical (unpaired) electrons. The minimum Gasteiger partial charge on any atom is -0.359 e. The molecule has 0 saturated heterocycles. The molecule has 3 nitrogen and oxygen atoms in total. The van der Waals surface area contributed by atoms with Gasteiger partial charge in [-0.2, -0.15) is 0 Å². The zero-order valence-electron chi connectivity index (χ0n) is 16.7. The van der Waals surface area contributed by atoms with Crippen LogP contribution in [0.5, 0.6) is 0 Å². The van der Waals surface area contributed by atoms with Crippen LogP contribution in [0.3, 0.4) is 0 Å². The van der Waals surface area contributed by atoms with Crippen molar-refractivity contribution in [1.82, 2.24) is 0 Å². The van der Waals surface area contributed by atoms with Crippen LogP contribution in [0, 0.1) is 17.8 Å². The highest BCUT2D eigenvalue weighted by atomic mass is 35.6. The molecule has 0 fully saturated rings. The minimum atomic E-state index is -3.17. The first-order chi connectivity index (χ1) is 10.4. The monoisotopic (exact) mass is 366 g/mol. The molecule has 0 bridgehead atoms. The van der Waals surface area contributed by atoms with Gasteiger partial charge < -0.3 is 13.3 Å². The molecule has 0 unspecified atom stereocenters. The molecule has 0 aliphatic heterocycles. The molecular weight excluding hydrogens is 328 g/mol. The largest absolute Gasteiger partial charge is 0.613 e. The summed E-state index contributed by atoms with van der Waals surface area (Å²) >= 11 is 6.75. The average molecular weight is 367 g/mol. The van der Waals surface area contributed by atoms with E-state index in [0.29, 0.717) is 17.8 Å². The smallest absolute Gasteiger partial charge is 0.359 e. The molecule has 3 atom stereocenters. The van der Waals surface area contributed by atoms with Crippen LogP contribution in [0.15, 0.2) is 0 Å². The van der Waals surface area contributed by atoms with Crippen molar-refractivity contribution in [2.75, 3.05) is 0 Å². The fourth-order valence-electron chi connectivity index (χ4n) is 2.94. The van der Waals surface area contributed by atoms with E-state index < -0.39 is 8.11 Å². The third-order valence-electron chi connectivity index (χ3n) is 3.44. The third-order valence-corrected chi connectivity index (χ3v) is 6.29. The van der Waals surface area contributed by atoms with E-state index in [4.69, 9.17) is 24.4 Å². The lowest BCUT2D eigenvalue weighted by Crippen LogP contribution is -2.47. The van der Waals surface area contributed by atoms with Gasteiger partial charge in [0.1, 0.15) is 0 Å². The van der Waals surface area contributed by atoms with E-state index in [0.717, 1.165) is 19.3 Å². The Balaban J connectivity index is 4.87. The lowest BCUT2D eigenvalue weighted by atomic mass is 10.1. The molecule has 23 heavy (non-hydrogen) atoms. The van der Waals surface area contributed by atoms with Gasteiger partial charge in [-0.3, -0.25) is 0 Å². The molecule has 0 spiro atoms. The maximum absolute atomic E-state index is 6.75. The molecule has 0 aromatic carbocycles. The quantitative estimate of drug-likeness (QED) is 0.312. The van der Waals surface area contributed by atoms with Crippen molar-refractivity contribution in [2.24, 2.45) is 17.8 Å². The van der Waals surface area contributed by atoms with E-state index in [2.05, 4.69) is 62.3 Å². The molecule has 0 saturated carbocycles. The van der Waals surface area contributed by atoms with Gasteiger partial charge in [-0.25, -0.2) is 0 Å². The summed E-state index contributed by atoms with van der Waals surface area (Å²) in [5.74, 6) is 1.67. The van der Waals surface area contributed by atoms with Crippen LogP contribution in [-0.4, -0.2) is 26.4 Å². The minimum absolute atomic E-state index is 0.0386. The summed E-state index contributed by atoms with van der Waals surface area (Å²) in [7, 11) is -3.17. The second-order valence-corrected chi connectivity index (χ2v) is 11.2. The van der Waals surface area contributed by atoms with Crippen LogP contribution in [0.4, 0.5) is 0 Å². The van der Waals surface area contributed by atoms with E-state index in [1.165, 1.54) is 0 Å². The molecule has 0 aliphatic rings. The highest BCUT2D eigenvalue weighted by Crippen LogP contribution is 2.26. The molecule has 140 valence electrons. The van der Waals surface area contributed by atoms with Gasteiger partial charge in [0, 0.05) is 18.3 Å². The van der Waals surface area contributed by atoms with Crippen LogP contribution in [-0.2, 0) is 13.3 Å². The Labute approximate surface area is 150 Å². The van der Waals surface area contributed by atoms with Gasteiger partial charge in [0.15, 0.2) is 0 Å². The molecule has 0 aromatic heterocycles. The molecule has 0 rings (SSSR count). The van der Waals surface area contributed by atoms with Crippen molar-refractivity contribution in [1.29, 1.82) is 0 Å². The maximum Gasteiger partial charge on any atom is 0.613 e. The third kappa shape index (κ3) is 12.4. The molecule has 0 amide bonds. The molecule has 0 aliphatic carbocycles. The van der Waals surface area contributed by atoms with Crippen LogP contribution >= 0.6 is 11.1 Å². The summed E-state index contributed by atoms with van der Waals surface area (Å²) in [6.45, 7) is 19.3. The summed E-state index contributed by atoms with van der Waals surface area (Å²) in [5, 5.41) is 0. The van der Waals surface area contributed by atoms with Crippen molar-refractivity contribution in [3.63, 3.8) is 0 Å². The lowest BCUT2D eigenvalue weighted by molar-refractivity contribution is -0.00248. The fraction of sp³-hybridized carbons (Fsp3) is 1.00. The molecule has 0 N–H and O–H groups in total. The molecular formula is C18H39ClO3Si. The van der Waals surface area contributed by atoms with Crippen LogP contribution < -0.4 is 0 Å². The Kier molecular flexibility index (Phi) is 11.3. The summed E-state index contributed by atoms with van der Waals surface area (Å²) in [6, 6.07) is 0. The number of rotatable bonds is 12. The predicted molar refractivity (Wildman–Crippen MR) is 102 cm³/mol. The van der Waals surface area contributed by atoms with Gasteiger partial charge in [0.25, 0.3) is 0 Å². The van der Waals surface area contributed by atoms with Gasteiger partial charge >= 0.3 is 8.11 Å². The second-order valence-electron chi connectivity index (χ2n) is 8.16. The standard InChI is InChI=1S/C18H39ClO3Si/c1-13(2)10-16(7)20-23(19,21-17(8)11-14(3)4)22-18(9)12-15(5)6/h13-18H,10-12H2,1-9H3/t16-,17-,18+/m0/s1. The zero-order valence-corrected chi connectivity index (χ0v) is 18.4. The van der Waals surface area contributed by atoms with Crippen molar-refractivity contribution in [3.8, 4) is 0 Å². The molecule has 0 aromatic rings. The Morgan fingerprint density at radius 2 is 0.783 bits per heavy atom. The summed E-state index contributed by atoms with van der Waals surface area (Å²) < 4.78 is 18.3. The van der Waals surface area contributed by atoms with E-state index in [9.17, 15) is 0 Å². The van der Waals surface area contributed by atoms with E-state index in [1.807, 2.05) is 0 Å². The highest BCUT2D eigenvalue weighted by Gasteiger charge is 2.45. The molecule has 5 heteroatoms. The number of halogens is 1. The normalized spacial score (nSPS) is 17.1. The molecule has 0 heterocycles. The summed E-state index contributed by atoms with van der Waals surface area (Å²) in [5.41, 5.74) is 0. The van der Waals surface area contributed by atoms with Gasteiger partial charge in [-0.1, -0.05) is 52.6 Å². The van der Waals surface area contributed by atoms with E-state index in [1.54, 1.807) is 0 Å². The van der Waals surface area contributed by atoms with E-state index >= 15 is 0 Å². The first-order valence-corrected chi connectivity index (χ1v) is 11.9. The van der Waals surface area contributed by atoms with Crippen molar-refractivity contribution in [2.45, 2.75) is 99.9 Å². The van der Waals surface area contributed by atoms with Gasteiger partial charge in [-0.05, 0) is 57.8 Å². The topological polar surface area (TPSA) is 27.7 Å². The van der Waals surface area contributed by atoms with Crippen molar-refractivity contribution >= 4 is 19.2 Å². The fourth-order valence-corrected chi connectivity index (χ4v) is 6.21. The van der Waals surface area contributed by atoms with Crippen molar-refractivity contribution < 1.29 is 13.3 Å². The zero-order chi connectivity index (χ0) is 18.2. The second kappa shape index (κ2) is 11.1. The Morgan fingerprint density at radius 3 is 0.957 bits per heavy atom. The first-order valence-electron chi connectivity index (χ1n) is 9.15. The van der Waals surface area contributed by atoms with E-state index in [-0.39, 0.29) is 18.3 Å². The lowest BCUT2D eigenvalue weighted by Gasteiger charge is -2.32. The average Bonchev–Trinajstić information content (AvgIpc) is 2.22. The van der Waals surface area contributed by atoms with Gasteiger partial charge in [0.2, 0.25) is 0 Å². The van der Waals surface area contributed by atoms with Gasteiger partial charge in [0.05, 0.1) is 0 Å². The van der Waals surface area contributed by atoms with Crippen LogP contribution in [0.25, 0.3) is 0 Å². The highest BCUT2D eigenvalue weighted by molar-refractivity contribution is 7.09. The Hall–Kier alpha value is 0.387. The summed E-state index contributed by atoms with van der Waals surface area (Å²) in [4.78, 5) is 0. The Bertz CT molecular complexity index is 265. The van der Waals surface area contributed by atoms with Crippen LogP contribution in [0.1, 0.15) is 81.6 Å². The Morgan fingerprint density at radius 1 is 0.565 bits per heavy atom. The first kappa shape index (κ1) is 23.4. The SMILES string of the molecule is CC(C)C[C@@H](C)O[Si](Cl)(O[C@@H](C)CC(C)C)O[C@@H](C)CC(C)C.